The van der Waals surface area contributed by atoms with Gasteiger partial charge in [0.1, 0.15) is 11.5 Å². The van der Waals surface area contributed by atoms with E-state index >= 15 is 0 Å². The van der Waals surface area contributed by atoms with Gasteiger partial charge in [-0.15, -0.1) is 0 Å². The van der Waals surface area contributed by atoms with Gasteiger partial charge in [-0.25, -0.2) is 4.98 Å². The van der Waals surface area contributed by atoms with Gasteiger partial charge in [-0.3, -0.25) is 0 Å². The molecule has 6 heteroatoms. The number of aromatic nitrogens is 2. The summed E-state index contributed by atoms with van der Waals surface area (Å²) in [7, 11) is 1.63. The molecular weight excluding hydrogens is 334 g/mol. The molecular formula is C15H18BrN3O2. The largest absolute Gasteiger partial charge is 0.497 e. The van der Waals surface area contributed by atoms with Crippen LogP contribution in [0.15, 0.2) is 28.7 Å². The fourth-order valence-electron chi connectivity index (χ4n) is 1.71. The third kappa shape index (κ3) is 4.32. The van der Waals surface area contributed by atoms with Crippen molar-refractivity contribution in [3.63, 3.8) is 0 Å². The molecule has 21 heavy (non-hydrogen) atoms. The molecule has 0 saturated heterocycles. The molecule has 0 bridgehead atoms. The zero-order valence-corrected chi connectivity index (χ0v) is 13.9. The van der Waals surface area contributed by atoms with Gasteiger partial charge in [-0.05, 0) is 47.5 Å². The van der Waals surface area contributed by atoms with Crippen molar-refractivity contribution in [2.45, 2.75) is 20.3 Å². The predicted molar refractivity (Wildman–Crippen MR) is 86.3 cm³/mol. The minimum atomic E-state index is 0.506. The van der Waals surface area contributed by atoms with Crippen LogP contribution in [0.3, 0.4) is 0 Å². The highest BCUT2D eigenvalue weighted by Crippen LogP contribution is 2.32. The first-order chi connectivity index (χ1) is 10.1. The second kappa shape index (κ2) is 7.26. The number of hydrogen-bond acceptors (Lipinski definition) is 5. The minimum Gasteiger partial charge on any atom is -0.497 e. The highest BCUT2D eigenvalue weighted by molar-refractivity contribution is 9.10. The molecule has 1 N–H and O–H groups in total. The second-order valence-electron chi connectivity index (χ2n) is 4.50. The van der Waals surface area contributed by atoms with Crippen molar-refractivity contribution in [1.29, 1.82) is 0 Å². The molecule has 0 atom stereocenters. The Kier molecular flexibility index (Phi) is 5.38. The Balaban J connectivity index is 2.20. The number of rotatable bonds is 6. The summed E-state index contributed by atoms with van der Waals surface area (Å²) in [5, 5.41) is 3.16. The fraction of sp³-hybridized carbons (Fsp3) is 0.333. The number of nitrogens with zero attached hydrogens (tertiary/aromatic N) is 2. The molecule has 0 amide bonds. The van der Waals surface area contributed by atoms with Crippen LogP contribution >= 0.6 is 15.9 Å². The molecule has 112 valence electrons. The lowest BCUT2D eigenvalue weighted by Crippen LogP contribution is -2.05. The lowest BCUT2D eigenvalue weighted by molar-refractivity contribution is 0.411. The monoisotopic (exact) mass is 351 g/mol. The maximum Gasteiger partial charge on any atom is 0.226 e. The van der Waals surface area contributed by atoms with E-state index in [1.807, 2.05) is 25.1 Å². The number of methoxy groups -OCH3 is 1. The van der Waals surface area contributed by atoms with Crippen LogP contribution in [-0.4, -0.2) is 23.6 Å². The predicted octanol–water partition coefficient (Wildman–Crippen LogP) is 4.17. The van der Waals surface area contributed by atoms with E-state index in [4.69, 9.17) is 9.47 Å². The second-order valence-corrected chi connectivity index (χ2v) is 5.35. The third-order valence-electron chi connectivity index (χ3n) is 2.72. The summed E-state index contributed by atoms with van der Waals surface area (Å²) in [5.74, 6) is 2.53. The van der Waals surface area contributed by atoms with Crippen molar-refractivity contribution in [3.05, 3.63) is 34.4 Å². The third-order valence-corrected chi connectivity index (χ3v) is 3.34. The van der Waals surface area contributed by atoms with Gasteiger partial charge in [0.25, 0.3) is 0 Å². The van der Waals surface area contributed by atoms with Gasteiger partial charge in [0.05, 0.1) is 11.6 Å². The first-order valence-electron chi connectivity index (χ1n) is 6.73. The molecule has 0 fully saturated rings. The van der Waals surface area contributed by atoms with E-state index in [2.05, 4.69) is 38.1 Å². The van der Waals surface area contributed by atoms with Gasteiger partial charge < -0.3 is 14.8 Å². The Bertz CT molecular complexity index is 620. The summed E-state index contributed by atoms with van der Waals surface area (Å²) >= 11 is 3.46. The van der Waals surface area contributed by atoms with Crippen LogP contribution in [0.4, 0.5) is 5.95 Å². The van der Waals surface area contributed by atoms with Crippen LogP contribution in [0, 0.1) is 6.92 Å². The normalized spacial score (nSPS) is 10.3. The van der Waals surface area contributed by atoms with Crippen molar-refractivity contribution in [2.24, 2.45) is 0 Å². The topological polar surface area (TPSA) is 56.3 Å². The van der Waals surface area contributed by atoms with Crippen molar-refractivity contribution in [1.82, 2.24) is 9.97 Å². The number of hydrogen-bond donors (Lipinski definition) is 1. The first kappa shape index (κ1) is 15.6. The zero-order valence-electron chi connectivity index (χ0n) is 12.3. The summed E-state index contributed by atoms with van der Waals surface area (Å²) in [4.78, 5) is 8.68. The van der Waals surface area contributed by atoms with Gasteiger partial charge in [-0.1, -0.05) is 6.92 Å². The summed E-state index contributed by atoms with van der Waals surface area (Å²) in [6, 6.07) is 7.32. The highest BCUT2D eigenvalue weighted by Gasteiger charge is 2.08. The van der Waals surface area contributed by atoms with E-state index in [1.54, 1.807) is 13.2 Å². The average Bonchev–Trinajstić information content (AvgIpc) is 2.46. The Morgan fingerprint density at radius 1 is 1.24 bits per heavy atom. The molecule has 1 aromatic carbocycles. The fourth-order valence-corrected chi connectivity index (χ4v) is 2.15. The lowest BCUT2D eigenvalue weighted by Gasteiger charge is -2.10. The molecule has 0 aliphatic rings. The number of halogens is 1. The van der Waals surface area contributed by atoms with Crippen molar-refractivity contribution >= 4 is 21.9 Å². The molecule has 2 rings (SSSR count). The van der Waals surface area contributed by atoms with Crippen LogP contribution in [0.5, 0.6) is 17.4 Å². The highest BCUT2D eigenvalue weighted by atomic mass is 79.9. The van der Waals surface area contributed by atoms with Crippen LogP contribution in [0.2, 0.25) is 0 Å². The molecule has 0 unspecified atom stereocenters. The quantitative estimate of drug-likeness (QED) is 0.846. The van der Waals surface area contributed by atoms with Crippen molar-refractivity contribution in [2.75, 3.05) is 19.0 Å². The van der Waals surface area contributed by atoms with Gasteiger partial charge >= 0.3 is 0 Å². The summed E-state index contributed by atoms with van der Waals surface area (Å²) in [6.45, 7) is 4.83. The summed E-state index contributed by atoms with van der Waals surface area (Å²) < 4.78 is 11.8. The maximum atomic E-state index is 5.82. The van der Waals surface area contributed by atoms with Crippen LogP contribution in [-0.2, 0) is 0 Å². The average molecular weight is 352 g/mol. The molecule has 5 nitrogen and oxygen atoms in total. The van der Waals surface area contributed by atoms with E-state index in [0.717, 1.165) is 28.9 Å². The molecule has 0 radical (unpaired) electrons. The van der Waals surface area contributed by atoms with E-state index < -0.39 is 0 Å². The van der Waals surface area contributed by atoms with Gasteiger partial charge in [0, 0.05) is 18.3 Å². The Hall–Kier alpha value is -1.82. The summed E-state index contributed by atoms with van der Waals surface area (Å²) in [6.07, 6.45) is 1.01. The molecule has 1 aromatic heterocycles. The van der Waals surface area contributed by atoms with Crippen molar-refractivity contribution in [3.8, 4) is 17.4 Å². The molecule has 0 saturated carbocycles. The van der Waals surface area contributed by atoms with E-state index in [9.17, 15) is 0 Å². The number of nitrogens with one attached hydrogen (secondary N) is 1. The standard InChI is InChI=1S/C15H18BrN3O2/c1-4-7-17-15-18-10(2)8-14(19-15)21-13-6-5-11(20-3)9-12(13)16/h5-6,8-9H,4,7H2,1-3H3,(H,17,18,19). The number of aryl methyl sites for hydroxylation is 1. The van der Waals surface area contributed by atoms with Crippen LogP contribution in [0.1, 0.15) is 19.0 Å². The maximum absolute atomic E-state index is 5.82. The smallest absolute Gasteiger partial charge is 0.226 e. The Morgan fingerprint density at radius 2 is 2.05 bits per heavy atom. The molecule has 0 aliphatic heterocycles. The zero-order chi connectivity index (χ0) is 15.2. The van der Waals surface area contributed by atoms with Crippen LogP contribution in [0.25, 0.3) is 0 Å². The molecule has 0 aliphatic carbocycles. The number of benzene rings is 1. The molecule has 1 heterocycles. The number of anilines is 1. The van der Waals surface area contributed by atoms with Crippen molar-refractivity contribution < 1.29 is 9.47 Å². The van der Waals surface area contributed by atoms with Gasteiger partial charge in [-0.2, -0.15) is 4.98 Å². The lowest BCUT2D eigenvalue weighted by atomic mass is 10.3. The van der Waals surface area contributed by atoms with Crippen LogP contribution < -0.4 is 14.8 Å². The van der Waals surface area contributed by atoms with Gasteiger partial charge in [0.2, 0.25) is 11.8 Å². The van der Waals surface area contributed by atoms with E-state index in [0.29, 0.717) is 17.6 Å². The summed E-state index contributed by atoms with van der Waals surface area (Å²) in [5.41, 5.74) is 0.850. The molecule has 0 spiro atoms. The van der Waals surface area contributed by atoms with E-state index in [1.165, 1.54) is 0 Å². The minimum absolute atomic E-state index is 0.506. The van der Waals surface area contributed by atoms with Gasteiger partial charge in [0.15, 0.2) is 0 Å². The number of ether oxygens (including phenoxy) is 2. The SMILES string of the molecule is CCCNc1nc(C)cc(Oc2ccc(OC)cc2Br)n1. The Morgan fingerprint density at radius 3 is 2.71 bits per heavy atom. The van der Waals surface area contributed by atoms with E-state index in [-0.39, 0.29) is 0 Å². The molecule has 2 aromatic rings. The first-order valence-corrected chi connectivity index (χ1v) is 7.52. The Labute approximate surface area is 132 Å².